The first-order chi connectivity index (χ1) is 34.2. The summed E-state index contributed by atoms with van der Waals surface area (Å²) in [6, 6.07) is 0.712. The van der Waals surface area contributed by atoms with Crippen LogP contribution in [0.4, 0.5) is 0 Å². The third kappa shape index (κ3) is 12.0. The molecule has 432 valence electrons. The summed E-state index contributed by atoms with van der Waals surface area (Å²) in [5.41, 5.74) is -0.112. The van der Waals surface area contributed by atoms with E-state index < -0.39 is 17.2 Å². The Kier molecular flexibility index (Phi) is 19.7. The molecule has 10 rings (SSSR count). The summed E-state index contributed by atoms with van der Waals surface area (Å²) in [6.07, 6.45) is 22.3. The molecule has 8 aliphatic carbocycles. The Hall–Kier alpha value is -3.56. The van der Waals surface area contributed by atoms with Crippen LogP contribution in [0.25, 0.3) is 0 Å². The lowest BCUT2D eigenvalue weighted by molar-refractivity contribution is -0.151. The molecule has 0 spiro atoms. The van der Waals surface area contributed by atoms with Crippen molar-refractivity contribution in [1.82, 2.24) is 40.2 Å². The highest BCUT2D eigenvalue weighted by atomic mass is 16.4. The van der Waals surface area contributed by atoms with Gasteiger partial charge < -0.3 is 25.5 Å². The number of aromatic nitrogens is 6. The number of amides is 1. The molecule has 16 atom stereocenters. The average molecular weight is 1060 g/mol. The molecule has 0 aromatic carbocycles. The van der Waals surface area contributed by atoms with Crippen molar-refractivity contribution in [2.45, 2.75) is 243 Å². The van der Waals surface area contributed by atoms with E-state index in [4.69, 9.17) is 5.11 Å². The highest BCUT2D eigenvalue weighted by Gasteiger charge is 2.63. The lowest BCUT2D eigenvalue weighted by atomic mass is 9.44. The number of hydrogen-bond donors (Lipinski definition) is 4. The number of aliphatic hydroxyl groups is 2. The van der Waals surface area contributed by atoms with E-state index in [2.05, 4.69) is 67.3 Å². The van der Waals surface area contributed by atoms with Crippen molar-refractivity contribution in [3.8, 4) is 0 Å². The minimum absolute atomic E-state index is 0. The Morgan fingerprint density at radius 1 is 0.592 bits per heavy atom. The smallest absolute Gasteiger partial charge is 0.358 e. The van der Waals surface area contributed by atoms with Crippen molar-refractivity contribution in [3.05, 3.63) is 23.8 Å². The van der Waals surface area contributed by atoms with Gasteiger partial charge in [0.15, 0.2) is 23.0 Å². The molecule has 1 amide bonds. The standard InChI is InChI=1S/C29H46N4O3.C25H37N3O4.C4H11N.3CH4/c1-18(2)32(6)26(35)24-16-30-33(31-24)17-25(34)23-10-9-21-20-8-7-19-15-27(3,36)13-14-28(19,4)22(20)11-12-29(21,23)5;1-23(32)10-11-24(2)15(12-23)4-5-16-17-6-7-19(25(17,3)9-8-18(16)24)21(29)14-28-26-13-20(27-28)22(30)31;1-4(2)5-3;;;/h16,18-23,36H,7-15,17H2,1-6H3;13,15-19,32H,4-12,14H2,1-3H3,(H,30,31);4-5H,1-3H3;3*1H4/t19-,20+,21+,22+,23-,27-,28+,29+;15-,16+,17+,18+,19-,23-,24+,25+;;;;/m11..../s1. The Labute approximate surface area is 458 Å². The molecule has 2 aromatic rings. The molecular formula is C61H106N8O7. The first kappa shape index (κ1) is 63.3. The molecule has 0 bridgehead atoms. The van der Waals surface area contributed by atoms with E-state index in [0.717, 1.165) is 83.0 Å². The summed E-state index contributed by atoms with van der Waals surface area (Å²) in [6.45, 7) is 22.1. The second kappa shape index (κ2) is 23.6. The molecule has 0 saturated heterocycles. The first-order valence-corrected chi connectivity index (χ1v) is 28.6. The number of hydrogen-bond acceptors (Lipinski definition) is 11. The summed E-state index contributed by atoms with van der Waals surface area (Å²) >= 11 is 0. The van der Waals surface area contributed by atoms with E-state index in [1.165, 1.54) is 60.5 Å². The molecule has 2 aromatic heterocycles. The highest BCUT2D eigenvalue weighted by Crippen LogP contribution is 2.70. The minimum atomic E-state index is -1.12. The third-order valence-electron chi connectivity index (χ3n) is 22.5. The van der Waals surface area contributed by atoms with Crippen molar-refractivity contribution < 1.29 is 34.5 Å². The monoisotopic (exact) mass is 1060 g/mol. The van der Waals surface area contributed by atoms with Crippen molar-refractivity contribution in [2.24, 2.45) is 80.8 Å². The summed E-state index contributed by atoms with van der Waals surface area (Å²) in [7, 11) is 3.71. The third-order valence-corrected chi connectivity index (χ3v) is 22.5. The average Bonchev–Trinajstić information content (AvgIpc) is 4.14. The number of carboxylic acid groups (broad SMARTS) is 1. The van der Waals surface area contributed by atoms with Gasteiger partial charge in [-0.2, -0.15) is 19.8 Å². The van der Waals surface area contributed by atoms with E-state index in [1.807, 2.05) is 34.7 Å². The van der Waals surface area contributed by atoms with Crippen LogP contribution in [-0.4, -0.2) is 111 Å². The molecule has 8 saturated carbocycles. The fourth-order valence-corrected chi connectivity index (χ4v) is 17.8. The molecule has 15 heteroatoms. The topological polar surface area (TPSA) is 206 Å². The van der Waals surface area contributed by atoms with Crippen LogP contribution >= 0.6 is 0 Å². The van der Waals surface area contributed by atoms with Crippen molar-refractivity contribution in [3.63, 3.8) is 0 Å². The molecule has 4 N–H and O–H groups in total. The van der Waals surface area contributed by atoms with E-state index in [-0.39, 0.29) is 87.2 Å². The summed E-state index contributed by atoms with van der Waals surface area (Å²) < 4.78 is 0. The van der Waals surface area contributed by atoms with E-state index in [9.17, 15) is 29.4 Å². The van der Waals surface area contributed by atoms with Crippen LogP contribution in [0.5, 0.6) is 0 Å². The van der Waals surface area contributed by atoms with Crippen LogP contribution in [0.3, 0.4) is 0 Å². The SMILES string of the molecule is C.C.C.CC(C)N(C)C(=O)c1cnn(CC(=O)[C@H]2CC[C@H]3[C@@H]4CC[C@@H]5C[C@](C)(O)CC[C@]5(C)[C@H]4CC[C@]23C)n1.CNC(C)C.C[C@@]1(O)CC[C@@]2(C)[C@H](CC[C@@H]3[C@@H]2CC[C@]2(C)[C@@H](C(=O)Cn4ncc(C(=O)O)n4)CC[C@@H]32)C1. The molecule has 0 radical (unpaired) electrons. The lowest BCUT2D eigenvalue weighted by Crippen LogP contribution is -2.55. The van der Waals surface area contributed by atoms with Gasteiger partial charge in [0.25, 0.3) is 5.91 Å². The number of carbonyl (C=O) groups excluding carboxylic acids is 3. The zero-order valence-electron chi connectivity index (χ0n) is 46.8. The molecule has 2 heterocycles. The molecule has 0 unspecified atom stereocenters. The van der Waals surface area contributed by atoms with Gasteiger partial charge in [0, 0.05) is 31.0 Å². The molecule has 8 fully saturated rings. The fourth-order valence-electron chi connectivity index (χ4n) is 17.8. The lowest BCUT2D eigenvalue weighted by Gasteiger charge is -2.61. The van der Waals surface area contributed by atoms with Gasteiger partial charge in [-0.05, 0) is 219 Å². The number of rotatable bonds is 10. The number of carbonyl (C=O) groups is 4. The van der Waals surface area contributed by atoms with Crippen LogP contribution in [0, 0.1) is 80.8 Å². The van der Waals surface area contributed by atoms with Gasteiger partial charge in [0.1, 0.15) is 13.1 Å². The molecule has 15 nitrogen and oxygen atoms in total. The normalized spacial score (nSPS) is 39.7. The van der Waals surface area contributed by atoms with Crippen molar-refractivity contribution in [2.75, 3.05) is 14.1 Å². The number of carboxylic acids is 1. The van der Waals surface area contributed by atoms with Crippen LogP contribution in [0.2, 0.25) is 0 Å². The van der Waals surface area contributed by atoms with Crippen LogP contribution in [-0.2, 0) is 22.7 Å². The van der Waals surface area contributed by atoms with E-state index in [0.29, 0.717) is 64.0 Å². The Morgan fingerprint density at radius 2 is 0.974 bits per heavy atom. The number of Topliss-reactive ketones (excluding diaryl/α,β-unsaturated/α-hetero) is 2. The van der Waals surface area contributed by atoms with E-state index in [1.54, 1.807) is 11.9 Å². The predicted octanol–water partition coefficient (Wildman–Crippen LogP) is 11.2. The number of ketones is 2. The first-order valence-electron chi connectivity index (χ1n) is 28.6. The molecule has 76 heavy (non-hydrogen) atoms. The maximum atomic E-state index is 13.6. The Morgan fingerprint density at radius 3 is 1.34 bits per heavy atom. The fraction of sp³-hybridized carbons (Fsp3) is 0.869. The van der Waals surface area contributed by atoms with Crippen LogP contribution < -0.4 is 5.32 Å². The van der Waals surface area contributed by atoms with Gasteiger partial charge in [0.05, 0.1) is 23.6 Å². The maximum absolute atomic E-state index is 13.6. The highest BCUT2D eigenvalue weighted by molar-refractivity contribution is 5.92. The number of fused-ring (bicyclic) bond motifs is 10. The number of nitrogens with zero attached hydrogens (tertiary/aromatic N) is 7. The van der Waals surface area contributed by atoms with Crippen LogP contribution in [0.15, 0.2) is 12.4 Å². The minimum Gasteiger partial charge on any atom is -0.476 e. The molecule has 8 aliphatic rings. The Bertz CT molecular complexity index is 2330. The van der Waals surface area contributed by atoms with Gasteiger partial charge >= 0.3 is 5.97 Å². The quantitative estimate of drug-likeness (QED) is 0.175. The second-order valence-corrected chi connectivity index (χ2v) is 27.3. The predicted molar refractivity (Wildman–Crippen MR) is 300 cm³/mol. The Balaban J connectivity index is 0.000000250. The van der Waals surface area contributed by atoms with Gasteiger partial charge in [0.2, 0.25) is 0 Å². The summed E-state index contributed by atoms with van der Waals surface area (Å²) in [5, 5.41) is 50.1. The van der Waals surface area contributed by atoms with Crippen molar-refractivity contribution >= 4 is 23.4 Å². The molecular weight excluding hydrogens is 957 g/mol. The van der Waals surface area contributed by atoms with Crippen LogP contribution in [0.1, 0.15) is 228 Å². The van der Waals surface area contributed by atoms with Gasteiger partial charge in [-0.15, -0.1) is 10.2 Å². The maximum Gasteiger partial charge on any atom is 0.358 e. The van der Waals surface area contributed by atoms with Gasteiger partial charge in [-0.1, -0.05) is 63.8 Å². The van der Waals surface area contributed by atoms with Gasteiger partial charge in [-0.25, -0.2) is 4.79 Å². The number of nitrogens with one attached hydrogen (secondary N) is 1. The van der Waals surface area contributed by atoms with Crippen molar-refractivity contribution in [1.29, 1.82) is 0 Å². The zero-order chi connectivity index (χ0) is 53.2. The zero-order valence-corrected chi connectivity index (χ0v) is 46.8. The molecule has 0 aliphatic heterocycles. The second-order valence-electron chi connectivity index (χ2n) is 27.3. The largest absolute Gasteiger partial charge is 0.476 e. The summed E-state index contributed by atoms with van der Waals surface area (Å²) in [5.74, 6) is 4.36. The summed E-state index contributed by atoms with van der Waals surface area (Å²) in [4.78, 5) is 54.9. The van der Waals surface area contributed by atoms with E-state index >= 15 is 0 Å². The van der Waals surface area contributed by atoms with Gasteiger partial charge in [-0.3, -0.25) is 14.4 Å². The number of aromatic carboxylic acids is 1.